The van der Waals surface area contributed by atoms with E-state index in [-0.39, 0.29) is 6.61 Å². The predicted octanol–water partition coefficient (Wildman–Crippen LogP) is 2.41. The molecular formula is C16H22N4O. The number of benzene rings is 1. The van der Waals surface area contributed by atoms with Crippen LogP contribution in [0.25, 0.3) is 10.9 Å². The molecule has 0 radical (unpaired) electrons. The van der Waals surface area contributed by atoms with Crippen molar-refractivity contribution < 1.29 is 5.11 Å². The fourth-order valence-electron chi connectivity index (χ4n) is 3.12. The third kappa shape index (κ3) is 2.78. The first-order chi connectivity index (χ1) is 10.3. The third-order valence-electron chi connectivity index (χ3n) is 4.17. The molecule has 2 aromatic rings. The molecule has 1 fully saturated rings. The lowest BCUT2D eigenvalue weighted by atomic mass is 9.99. The monoisotopic (exact) mass is 286 g/mol. The summed E-state index contributed by atoms with van der Waals surface area (Å²) in [5.41, 5.74) is 0.958. The third-order valence-corrected chi connectivity index (χ3v) is 4.17. The van der Waals surface area contributed by atoms with Crippen molar-refractivity contribution in [2.75, 3.05) is 30.4 Å². The number of rotatable bonds is 4. The van der Waals surface area contributed by atoms with Gasteiger partial charge in [-0.3, -0.25) is 0 Å². The molecule has 2 N–H and O–H groups in total. The molecule has 112 valence electrons. The molecule has 1 atom stereocenters. The van der Waals surface area contributed by atoms with E-state index in [1.54, 1.807) is 0 Å². The Balaban J connectivity index is 2.08. The number of aliphatic hydroxyl groups excluding tert-OH is 1. The molecule has 0 saturated carbocycles. The maximum Gasteiger partial charge on any atom is 0.224 e. The van der Waals surface area contributed by atoms with Crippen LogP contribution in [0.2, 0.25) is 0 Å². The minimum absolute atomic E-state index is 0.225. The Morgan fingerprint density at radius 1 is 1.29 bits per heavy atom. The molecule has 1 aliphatic heterocycles. The van der Waals surface area contributed by atoms with Gasteiger partial charge in [-0.1, -0.05) is 12.1 Å². The number of nitrogens with zero attached hydrogens (tertiary/aromatic N) is 3. The number of hydrogen-bond donors (Lipinski definition) is 2. The fourth-order valence-corrected chi connectivity index (χ4v) is 3.12. The standard InChI is InChI=1S/C16H22N4O/c1-17-16-18-14-8-3-2-7-13(14)15(19-16)20-10-5-4-6-12(20)9-11-21/h2-3,7-8,12,21H,4-6,9-11H2,1H3,(H,17,18,19). The Bertz CT molecular complexity index is 614. The molecule has 21 heavy (non-hydrogen) atoms. The molecule has 0 spiro atoms. The summed E-state index contributed by atoms with van der Waals surface area (Å²) in [6.07, 6.45) is 4.32. The Morgan fingerprint density at radius 2 is 2.14 bits per heavy atom. The smallest absolute Gasteiger partial charge is 0.224 e. The van der Waals surface area contributed by atoms with Crippen LogP contribution in [0.1, 0.15) is 25.7 Å². The predicted molar refractivity (Wildman–Crippen MR) is 85.8 cm³/mol. The molecule has 1 saturated heterocycles. The van der Waals surface area contributed by atoms with Crippen molar-refractivity contribution in [2.45, 2.75) is 31.7 Å². The van der Waals surface area contributed by atoms with E-state index in [1.165, 1.54) is 12.8 Å². The second-order valence-electron chi connectivity index (χ2n) is 5.49. The van der Waals surface area contributed by atoms with Crippen molar-refractivity contribution in [1.82, 2.24) is 9.97 Å². The topological polar surface area (TPSA) is 61.3 Å². The average molecular weight is 286 g/mol. The molecule has 3 rings (SSSR count). The van der Waals surface area contributed by atoms with Gasteiger partial charge in [-0.15, -0.1) is 0 Å². The summed E-state index contributed by atoms with van der Waals surface area (Å²) in [6, 6.07) is 8.49. The van der Waals surface area contributed by atoms with Crippen LogP contribution in [0.4, 0.5) is 11.8 Å². The van der Waals surface area contributed by atoms with E-state index >= 15 is 0 Å². The summed E-state index contributed by atoms with van der Waals surface area (Å²) in [5.74, 6) is 1.64. The Labute approximate surface area is 125 Å². The number of para-hydroxylation sites is 1. The van der Waals surface area contributed by atoms with E-state index < -0.39 is 0 Å². The summed E-state index contributed by atoms with van der Waals surface area (Å²) >= 11 is 0. The zero-order chi connectivity index (χ0) is 14.7. The Kier molecular flexibility index (Phi) is 4.20. The molecule has 1 unspecified atom stereocenters. The Morgan fingerprint density at radius 3 is 2.95 bits per heavy atom. The van der Waals surface area contributed by atoms with Crippen LogP contribution in [0, 0.1) is 0 Å². The SMILES string of the molecule is CNc1nc(N2CCCCC2CCO)c2ccccc2n1. The van der Waals surface area contributed by atoms with E-state index in [4.69, 9.17) is 4.98 Å². The average Bonchev–Trinajstić information content (AvgIpc) is 2.54. The van der Waals surface area contributed by atoms with Gasteiger partial charge in [-0.25, -0.2) is 4.98 Å². The van der Waals surface area contributed by atoms with Gasteiger partial charge in [0.2, 0.25) is 5.95 Å². The molecule has 2 heterocycles. The van der Waals surface area contributed by atoms with Crippen LogP contribution < -0.4 is 10.2 Å². The normalized spacial score (nSPS) is 19.0. The van der Waals surface area contributed by atoms with Gasteiger partial charge in [0, 0.05) is 31.6 Å². The molecule has 0 bridgehead atoms. The van der Waals surface area contributed by atoms with Gasteiger partial charge >= 0.3 is 0 Å². The van der Waals surface area contributed by atoms with Crippen molar-refractivity contribution in [3.63, 3.8) is 0 Å². The van der Waals surface area contributed by atoms with Crippen molar-refractivity contribution in [2.24, 2.45) is 0 Å². The summed E-state index contributed by atoms with van der Waals surface area (Å²) < 4.78 is 0. The van der Waals surface area contributed by atoms with Crippen LogP contribution >= 0.6 is 0 Å². The molecule has 0 amide bonds. The van der Waals surface area contributed by atoms with E-state index in [0.717, 1.165) is 36.1 Å². The summed E-state index contributed by atoms with van der Waals surface area (Å²) in [7, 11) is 1.84. The minimum atomic E-state index is 0.225. The summed E-state index contributed by atoms with van der Waals surface area (Å²) in [6.45, 7) is 1.22. The van der Waals surface area contributed by atoms with Gasteiger partial charge in [0.1, 0.15) is 5.82 Å². The fraction of sp³-hybridized carbons (Fsp3) is 0.500. The van der Waals surface area contributed by atoms with Gasteiger partial charge in [0.05, 0.1) is 5.52 Å². The van der Waals surface area contributed by atoms with Crippen LogP contribution in [0.3, 0.4) is 0 Å². The van der Waals surface area contributed by atoms with Crippen molar-refractivity contribution in [3.05, 3.63) is 24.3 Å². The highest BCUT2D eigenvalue weighted by molar-refractivity contribution is 5.90. The van der Waals surface area contributed by atoms with Gasteiger partial charge < -0.3 is 15.3 Å². The lowest BCUT2D eigenvalue weighted by molar-refractivity contribution is 0.262. The van der Waals surface area contributed by atoms with Crippen LogP contribution in [0.5, 0.6) is 0 Å². The van der Waals surface area contributed by atoms with E-state index in [1.807, 2.05) is 25.2 Å². The highest BCUT2D eigenvalue weighted by Crippen LogP contribution is 2.31. The van der Waals surface area contributed by atoms with Crippen molar-refractivity contribution >= 4 is 22.7 Å². The largest absolute Gasteiger partial charge is 0.396 e. The van der Waals surface area contributed by atoms with Crippen molar-refractivity contribution in [3.8, 4) is 0 Å². The first-order valence-corrected chi connectivity index (χ1v) is 7.65. The van der Waals surface area contributed by atoms with E-state index in [9.17, 15) is 5.11 Å². The number of nitrogens with one attached hydrogen (secondary N) is 1. The van der Waals surface area contributed by atoms with E-state index in [2.05, 4.69) is 21.3 Å². The highest BCUT2D eigenvalue weighted by Gasteiger charge is 2.25. The molecule has 1 aromatic carbocycles. The van der Waals surface area contributed by atoms with Gasteiger partial charge in [-0.05, 0) is 37.8 Å². The first kappa shape index (κ1) is 14.1. The van der Waals surface area contributed by atoms with Crippen molar-refractivity contribution in [1.29, 1.82) is 0 Å². The number of hydrogen-bond acceptors (Lipinski definition) is 5. The second-order valence-corrected chi connectivity index (χ2v) is 5.49. The zero-order valence-electron chi connectivity index (χ0n) is 12.4. The van der Waals surface area contributed by atoms with Gasteiger partial charge in [0.15, 0.2) is 0 Å². The highest BCUT2D eigenvalue weighted by atomic mass is 16.3. The Hall–Kier alpha value is -1.88. The summed E-state index contributed by atoms with van der Waals surface area (Å²) in [4.78, 5) is 11.6. The zero-order valence-corrected chi connectivity index (χ0v) is 12.4. The van der Waals surface area contributed by atoms with Gasteiger partial charge in [0.25, 0.3) is 0 Å². The summed E-state index contributed by atoms with van der Waals surface area (Å²) in [5, 5.41) is 13.5. The first-order valence-electron chi connectivity index (χ1n) is 7.65. The maximum atomic E-state index is 9.33. The number of aliphatic hydroxyl groups is 1. The minimum Gasteiger partial charge on any atom is -0.396 e. The van der Waals surface area contributed by atoms with Crippen LogP contribution in [-0.2, 0) is 0 Å². The van der Waals surface area contributed by atoms with Crippen LogP contribution in [0.15, 0.2) is 24.3 Å². The van der Waals surface area contributed by atoms with E-state index in [0.29, 0.717) is 12.0 Å². The van der Waals surface area contributed by atoms with Crippen LogP contribution in [-0.4, -0.2) is 41.3 Å². The lowest BCUT2D eigenvalue weighted by Gasteiger charge is -2.37. The molecule has 5 heteroatoms. The number of piperidine rings is 1. The number of aromatic nitrogens is 2. The maximum absolute atomic E-state index is 9.33. The molecule has 5 nitrogen and oxygen atoms in total. The number of anilines is 2. The quantitative estimate of drug-likeness (QED) is 0.904. The lowest BCUT2D eigenvalue weighted by Crippen LogP contribution is -2.40. The molecular weight excluding hydrogens is 264 g/mol. The molecule has 0 aliphatic carbocycles. The second kappa shape index (κ2) is 6.26. The molecule has 1 aliphatic rings. The van der Waals surface area contributed by atoms with Gasteiger partial charge in [-0.2, -0.15) is 4.98 Å². The molecule has 1 aromatic heterocycles. The number of fused-ring (bicyclic) bond motifs is 1.